The lowest BCUT2D eigenvalue weighted by Gasteiger charge is -2.13. The molecular weight excluding hydrogens is 767 g/mol. The largest absolute Gasteiger partial charge is 0.455 e. The van der Waals surface area contributed by atoms with Crippen molar-refractivity contribution in [3.63, 3.8) is 0 Å². The number of aromatic nitrogens is 3. The molecule has 0 aliphatic heterocycles. The molecule has 0 aliphatic rings. The Kier molecular flexibility index (Phi) is 8.79. The summed E-state index contributed by atoms with van der Waals surface area (Å²) in [4.78, 5) is 15.8. The third-order valence-corrected chi connectivity index (χ3v) is 12.2. The summed E-state index contributed by atoms with van der Waals surface area (Å²) in [6.45, 7) is 0. The Labute approximate surface area is 364 Å². The number of para-hydroxylation sites is 1. The van der Waals surface area contributed by atoms with E-state index in [1.165, 1.54) is 22.1 Å². The zero-order valence-corrected chi connectivity index (χ0v) is 34.1. The Balaban J connectivity index is 1.00. The van der Waals surface area contributed by atoms with E-state index in [1.54, 1.807) is 0 Å². The summed E-state index contributed by atoms with van der Waals surface area (Å²) >= 11 is 0. The molecule has 12 rings (SSSR count). The summed E-state index contributed by atoms with van der Waals surface area (Å²) in [5.74, 6) is 1.80. The maximum atomic E-state index is 6.80. The molecule has 4 nitrogen and oxygen atoms in total. The second kappa shape index (κ2) is 15.2. The number of nitrogens with zero attached hydrogens (tertiary/aromatic N) is 3. The average Bonchev–Trinajstić information content (AvgIpc) is 3.76. The lowest BCUT2D eigenvalue weighted by atomic mass is 9.96. The van der Waals surface area contributed by atoms with E-state index in [0.29, 0.717) is 17.5 Å². The number of fused-ring (bicyclic) bond motifs is 6. The van der Waals surface area contributed by atoms with Gasteiger partial charge >= 0.3 is 0 Å². The van der Waals surface area contributed by atoms with Crippen LogP contribution in [0.15, 0.2) is 229 Å². The van der Waals surface area contributed by atoms with Crippen molar-refractivity contribution >= 4 is 43.5 Å². The molecule has 0 saturated carbocycles. The van der Waals surface area contributed by atoms with Crippen LogP contribution in [0, 0.1) is 0 Å². The molecule has 2 aromatic heterocycles. The van der Waals surface area contributed by atoms with Gasteiger partial charge in [0.2, 0.25) is 0 Å². The smallest absolute Gasteiger partial charge is 0.164 e. The Morgan fingerprint density at radius 2 is 0.746 bits per heavy atom. The number of hydrogen-bond donors (Lipinski definition) is 0. The molecule has 0 aliphatic carbocycles. The highest BCUT2D eigenvalue weighted by atomic mass is 16.3. The molecule has 0 amide bonds. The van der Waals surface area contributed by atoms with Gasteiger partial charge in [-0.3, -0.25) is 0 Å². The first kappa shape index (κ1) is 36.4. The molecule has 12 aromatic rings. The monoisotopic (exact) mass is 803 g/mol. The Morgan fingerprint density at radius 3 is 1.48 bits per heavy atom. The normalized spacial score (nSPS) is 11.5. The maximum Gasteiger partial charge on any atom is 0.164 e. The Bertz CT molecular complexity index is 3650. The molecule has 4 heteroatoms. The topological polar surface area (TPSA) is 51.8 Å². The lowest BCUT2D eigenvalue weighted by Crippen LogP contribution is -2.01. The van der Waals surface area contributed by atoms with E-state index < -0.39 is 0 Å². The highest BCUT2D eigenvalue weighted by Gasteiger charge is 2.21. The van der Waals surface area contributed by atoms with Crippen molar-refractivity contribution in [1.82, 2.24) is 15.0 Å². The fraction of sp³-hybridized carbons (Fsp3) is 0. The van der Waals surface area contributed by atoms with E-state index in [4.69, 9.17) is 19.4 Å². The van der Waals surface area contributed by atoms with Crippen LogP contribution in [0.3, 0.4) is 0 Å². The van der Waals surface area contributed by atoms with Gasteiger partial charge in [0.1, 0.15) is 11.2 Å². The predicted octanol–water partition coefficient (Wildman–Crippen LogP) is 15.7. The highest BCUT2D eigenvalue weighted by Crippen LogP contribution is 2.42. The van der Waals surface area contributed by atoms with Crippen LogP contribution in [0.4, 0.5) is 0 Å². The number of benzene rings is 10. The molecular formula is C59H37N3O. The fourth-order valence-corrected chi connectivity index (χ4v) is 9.04. The minimum absolute atomic E-state index is 0.583. The molecule has 0 radical (unpaired) electrons. The van der Waals surface area contributed by atoms with Gasteiger partial charge in [0.15, 0.2) is 17.5 Å². The summed E-state index contributed by atoms with van der Waals surface area (Å²) in [5, 5.41) is 6.54. The van der Waals surface area contributed by atoms with Crippen LogP contribution in [0.1, 0.15) is 0 Å². The van der Waals surface area contributed by atoms with Gasteiger partial charge in [0, 0.05) is 33.0 Å². The van der Waals surface area contributed by atoms with Crippen molar-refractivity contribution in [1.29, 1.82) is 0 Å². The molecule has 63 heavy (non-hydrogen) atoms. The third kappa shape index (κ3) is 6.53. The zero-order valence-electron chi connectivity index (χ0n) is 34.1. The maximum absolute atomic E-state index is 6.80. The van der Waals surface area contributed by atoms with Crippen molar-refractivity contribution in [3.05, 3.63) is 224 Å². The standard InChI is InChI=1S/C59H37N3O/c1-3-14-38(15-4-1)40-30-34-43(35-31-40)57-60-58(62-59(61-57)53-37-46-18-7-8-21-47(46)49-22-9-10-23-50(49)53)52-26-13-27-54-55(52)51-25-12-24-48(56(51)63-54)42-32-28-41(29-33-42)45-20-11-19-44(36-45)39-16-5-2-6-17-39/h1-37H. The molecule has 0 fully saturated rings. The summed E-state index contributed by atoms with van der Waals surface area (Å²) in [6.07, 6.45) is 0. The molecule has 0 unspecified atom stereocenters. The van der Waals surface area contributed by atoms with E-state index in [-0.39, 0.29) is 0 Å². The summed E-state index contributed by atoms with van der Waals surface area (Å²) in [5.41, 5.74) is 13.5. The minimum atomic E-state index is 0.583. The third-order valence-electron chi connectivity index (χ3n) is 12.2. The second-order valence-corrected chi connectivity index (χ2v) is 15.9. The van der Waals surface area contributed by atoms with Crippen LogP contribution in [-0.4, -0.2) is 15.0 Å². The van der Waals surface area contributed by atoms with E-state index in [2.05, 4.69) is 206 Å². The van der Waals surface area contributed by atoms with Crippen molar-refractivity contribution in [3.8, 4) is 78.7 Å². The Hall–Kier alpha value is -8.47. The van der Waals surface area contributed by atoms with Crippen LogP contribution in [0.2, 0.25) is 0 Å². The molecule has 0 bridgehead atoms. The summed E-state index contributed by atoms with van der Waals surface area (Å²) < 4.78 is 6.80. The molecule has 2 heterocycles. The van der Waals surface area contributed by atoms with Gasteiger partial charge in [0.25, 0.3) is 0 Å². The second-order valence-electron chi connectivity index (χ2n) is 15.9. The number of rotatable bonds is 7. The van der Waals surface area contributed by atoms with E-state index in [0.717, 1.165) is 82.6 Å². The molecule has 0 N–H and O–H groups in total. The lowest BCUT2D eigenvalue weighted by molar-refractivity contribution is 0.670. The van der Waals surface area contributed by atoms with Gasteiger partial charge in [0.05, 0.1) is 0 Å². The van der Waals surface area contributed by atoms with E-state index in [9.17, 15) is 0 Å². The zero-order chi connectivity index (χ0) is 41.7. The first-order valence-electron chi connectivity index (χ1n) is 21.3. The van der Waals surface area contributed by atoms with Gasteiger partial charge in [-0.05, 0) is 78.7 Å². The van der Waals surface area contributed by atoms with Gasteiger partial charge in [-0.15, -0.1) is 0 Å². The first-order valence-corrected chi connectivity index (χ1v) is 21.3. The van der Waals surface area contributed by atoms with Crippen LogP contribution in [0.25, 0.3) is 122 Å². The van der Waals surface area contributed by atoms with Crippen molar-refractivity contribution in [2.75, 3.05) is 0 Å². The van der Waals surface area contributed by atoms with Crippen LogP contribution >= 0.6 is 0 Å². The first-order chi connectivity index (χ1) is 31.2. The quantitative estimate of drug-likeness (QED) is 0.151. The van der Waals surface area contributed by atoms with Crippen LogP contribution < -0.4 is 0 Å². The molecule has 294 valence electrons. The van der Waals surface area contributed by atoms with Crippen molar-refractivity contribution in [2.24, 2.45) is 0 Å². The van der Waals surface area contributed by atoms with Gasteiger partial charge < -0.3 is 4.42 Å². The fourth-order valence-electron chi connectivity index (χ4n) is 9.04. The summed E-state index contributed by atoms with van der Waals surface area (Å²) in [6, 6.07) is 78.7. The predicted molar refractivity (Wildman–Crippen MR) is 260 cm³/mol. The molecule has 0 spiro atoms. The van der Waals surface area contributed by atoms with E-state index >= 15 is 0 Å². The Morgan fingerprint density at radius 1 is 0.270 bits per heavy atom. The van der Waals surface area contributed by atoms with Crippen LogP contribution in [-0.2, 0) is 0 Å². The number of furan rings is 1. The van der Waals surface area contributed by atoms with Crippen molar-refractivity contribution in [2.45, 2.75) is 0 Å². The number of hydrogen-bond acceptors (Lipinski definition) is 4. The average molecular weight is 804 g/mol. The molecule has 0 atom stereocenters. The van der Waals surface area contributed by atoms with Crippen LogP contribution in [0.5, 0.6) is 0 Å². The molecule has 10 aromatic carbocycles. The highest BCUT2D eigenvalue weighted by molar-refractivity contribution is 6.16. The SMILES string of the molecule is c1ccc(-c2ccc(-c3nc(-c4cc5ccccc5c5ccccc45)nc(-c4cccc5oc6c(-c7ccc(-c8cccc(-c9ccccc9)c8)cc7)cccc6c45)n3)cc2)cc1. The summed E-state index contributed by atoms with van der Waals surface area (Å²) in [7, 11) is 0. The molecule has 0 saturated heterocycles. The van der Waals surface area contributed by atoms with Crippen molar-refractivity contribution < 1.29 is 4.42 Å². The van der Waals surface area contributed by atoms with Gasteiger partial charge in [-0.1, -0.05) is 206 Å². The van der Waals surface area contributed by atoms with E-state index in [1.807, 2.05) is 18.2 Å². The van der Waals surface area contributed by atoms with Gasteiger partial charge in [-0.25, -0.2) is 15.0 Å². The van der Waals surface area contributed by atoms with Gasteiger partial charge in [-0.2, -0.15) is 0 Å². The minimum Gasteiger partial charge on any atom is -0.455 e.